The molecule has 0 unspecified atom stereocenters. The lowest BCUT2D eigenvalue weighted by Gasteiger charge is -2.35. The minimum Gasteiger partial charge on any atom is -0.393 e. The van der Waals surface area contributed by atoms with Gasteiger partial charge in [-0.15, -0.1) is 0 Å². The number of likely N-dealkylation sites (N-methyl/N-ethyl adjacent to an activating group) is 1. The summed E-state index contributed by atoms with van der Waals surface area (Å²) in [6, 6.07) is 6.25. The molecule has 1 aromatic carbocycles. The van der Waals surface area contributed by atoms with Gasteiger partial charge in [0.2, 0.25) is 0 Å². The van der Waals surface area contributed by atoms with E-state index >= 15 is 0 Å². The molecule has 1 saturated carbocycles. The molecule has 2 heterocycles. The fraction of sp³-hybridized carbons (Fsp3) is 0.577. The molecule has 1 aliphatic heterocycles. The molecule has 2 fully saturated rings. The second kappa shape index (κ2) is 11.2. The summed E-state index contributed by atoms with van der Waals surface area (Å²) in [5, 5.41) is 16.7. The number of nitrogens with zero attached hydrogens (tertiary/aromatic N) is 5. The second-order valence-corrected chi connectivity index (χ2v) is 9.90. The number of nitrogens with one attached hydrogen (secondary N) is 2. The Balaban J connectivity index is 1.56. The van der Waals surface area contributed by atoms with Crippen LogP contribution in [0.1, 0.15) is 48.7 Å². The molecule has 9 heteroatoms. The molecule has 1 amide bonds. The van der Waals surface area contributed by atoms with Crippen molar-refractivity contribution in [1.29, 1.82) is 0 Å². The smallest absolute Gasteiger partial charge is 0.255 e. The SMILES string of the molecule is CCc1ncc(Nc2ccc(N3CCN(C)CC3)c(C(=O)N(C)C)c2)nc1N[C@H]1CC[C@H](O)CC1. The van der Waals surface area contributed by atoms with Crippen LogP contribution in [0.25, 0.3) is 0 Å². The molecule has 190 valence electrons. The van der Waals surface area contributed by atoms with E-state index in [1.54, 1.807) is 25.2 Å². The van der Waals surface area contributed by atoms with E-state index < -0.39 is 0 Å². The van der Waals surface area contributed by atoms with Crippen LogP contribution in [-0.2, 0) is 6.42 Å². The summed E-state index contributed by atoms with van der Waals surface area (Å²) in [6.07, 6.45) is 5.81. The molecule has 0 bridgehead atoms. The highest BCUT2D eigenvalue weighted by atomic mass is 16.3. The number of carbonyl (C=O) groups is 1. The van der Waals surface area contributed by atoms with Gasteiger partial charge in [0.25, 0.3) is 5.91 Å². The Morgan fingerprint density at radius 1 is 1.14 bits per heavy atom. The van der Waals surface area contributed by atoms with Gasteiger partial charge in [0.15, 0.2) is 5.82 Å². The topological polar surface area (TPSA) is 96.9 Å². The number of hydrogen-bond donors (Lipinski definition) is 3. The molecule has 1 saturated heterocycles. The van der Waals surface area contributed by atoms with Crippen LogP contribution < -0.4 is 15.5 Å². The molecule has 35 heavy (non-hydrogen) atoms. The third-order valence-electron chi connectivity index (χ3n) is 6.97. The summed E-state index contributed by atoms with van der Waals surface area (Å²) >= 11 is 0. The van der Waals surface area contributed by atoms with E-state index in [1.807, 2.05) is 18.2 Å². The van der Waals surface area contributed by atoms with Crippen molar-refractivity contribution in [3.63, 3.8) is 0 Å². The van der Waals surface area contributed by atoms with E-state index in [9.17, 15) is 9.90 Å². The minimum absolute atomic E-state index is 0.0168. The Kier molecular flexibility index (Phi) is 8.07. The fourth-order valence-corrected chi connectivity index (χ4v) is 4.76. The number of carbonyl (C=O) groups excluding carboxylic acids is 1. The zero-order valence-electron chi connectivity index (χ0n) is 21.4. The van der Waals surface area contributed by atoms with E-state index in [1.165, 1.54) is 0 Å². The summed E-state index contributed by atoms with van der Waals surface area (Å²) in [7, 11) is 5.70. The van der Waals surface area contributed by atoms with Gasteiger partial charge in [0, 0.05) is 57.7 Å². The summed E-state index contributed by atoms with van der Waals surface area (Å²) in [5.74, 6) is 1.41. The van der Waals surface area contributed by atoms with Crippen molar-refractivity contribution < 1.29 is 9.90 Å². The molecule has 1 aromatic heterocycles. The largest absolute Gasteiger partial charge is 0.393 e. The molecule has 9 nitrogen and oxygen atoms in total. The van der Waals surface area contributed by atoms with Crippen LogP contribution in [0.15, 0.2) is 24.4 Å². The summed E-state index contributed by atoms with van der Waals surface area (Å²) < 4.78 is 0. The quantitative estimate of drug-likeness (QED) is 0.556. The summed E-state index contributed by atoms with van der Waals surface area (Å²) in [4.78, 5) is 28.7. The number of piperazine rings is 1. The second-order valence-electron chi connectivity index (χ2n) is 9.90. The Labute approximate surface area is 208 Å². The number of benzene rings is 1. The number of hydrogen-bond acceptors (Lipinski definition) is 8. The average molecular weight is 482 g/mol. The standard InChI is InChI=1S/C26H39N7O2/c1-5-22-25(29-18-6-9-20(34)10-7-18)30-24(17-27-22)28-19-8-11-23(21(16-19)26(35)31(2)3)33-14-12-32(4)13-15-33/h8,11,16-18,20,34H,5-7,9-10,12-15H2,1-4H3,(H2,28,29,30)/t18-,20-. The monoisotopic (exact) mass is 481 g/mol. The molecule has 0 spiro atoms. The van der Waals surface area contributed by atoms with Gasteiger partial charge < -0.3 is 30.4 Å². The molecular weight excluding hydrogens is 442 g/mol. The Bertz CT molecular complexity index is 1010. The summed E-state index contributed by atoms with van der Waals surface area (Å²) in [5.41, 5.74) is 3.38. The zero-order valence-corrected chi connectivity index (χ0v) is 21.4. The van der Waals surface area contributed by atoms with Gasteiger partial charge in [-0.1, -0.05) is 6.92 Å². The molecule has 0 atom stereocenters. The van der Waals surface area contributed by atoms with Crippen LogP contribution in [0.3, 0.4) is 0 Å². The highest BCUT2D eigenvalue weighted by Crippen LogP contribution is 2.29. The lowest BCUT2D eigenvalue weighted by Crippen LogP contribution is -2.45. The third kappa shape index (κ3) is 6.21. The third-order valence-corrected chi connectivity index (χ3v) is 6.97. The van der Waals surface area contributed by atoms with Crippen molar-refractivity contribution in [3.8, 4) is 0 Å². The van der Waals surface area contributed by atoms with Crippen molar-refractivity contribution in [3.05, 3.63) is 35.7 Å². The van der Waals surface area contributed by atoms with Gasteiger partial charge in [0.05, 0.1) is 23.6 Å². The Morgan fingerprint density at radius 3 is 2.51 bits per heavy atom. The van der Waals surface area contributed by atoms with Crippen molar-refractivity contribution in [1.82, 2.24) is 19.8 Å². The fourth-order valence-electron chi connectivity index (χ4n) is 4.76. The molecule has 2 aromatic rings. The number of aromatic nitrogens is 2. The minimum atomic E-state index is -0.189. The first kappa shape index (κ1) is 25.2. The first-order valence-corrected chi connectivity index (χ1v) is 12.7. The number of amides is 1. The highest BCUT2D eigenvalue weighted by Gasteiger charge is 2.23. The van der Waals surface area contributed by atoms with Gasteiger partial charge in [-0.3, -0.25) is 9.78 Å². The van der Waals surface area contributed by atoms with Crippen LogP contribution >= 0.6 is 0 Å². The van der Waals surface area contributed by atoms with E-state index in [-0.39, 0.29) is 12.0 Å². The highest BCUT2D eigenvalue weighted by molar-refractivity contribution is 6.00. The number of anilines is 4. The van der Waals surface area contributed by atoms with Crippen molar-refractivity contribution in [2.24, 2.45) is 0 Å². The van der Waals surface area contributed by atoms with Crippen molar-refractivity contribution in [2.45, 2.75) is 51.2 Å². The van der Waals surface area contributed by atoms with Crippen LogP contribution in [0.5, 0.6) is 0 Å². The molecule has 1 aliphatic carbocycles. The Hall–Kier alpha value is -2.91. The van der Waals surface area contributed by atoms with Gasteiger partial charge in [-0.2, -0.15) is 0 Å². The molecule has 0 radical (unpaired) electrons. The van der Waals surface area contributed by atoms with Crippen LogP contribution in [0, 0.1) is 0 Å². The molecule has 4 rings (SSSR count). The van der Waals surface area contributed by atoms with Crippen molar-refractivity contribution >= 4 is 28.9 Å². The zero-order chi connectivity index (χ0) is 24.9. The van der Waals surface area contributed by atoms with Crippen molar-refractivity contribution in [2.75, 3.05) is 62.9 Å². The normalized spacial score (nSPS) is 21.0. The molecular formula is C26H39N7O2. The van der Waals surface area contributed by atoms with E-state index in [2.05, 4.69) is 39.4 Å². The predicted molar refractivity (Wildman–Crippen MR) is 141 cm³/mol. The lowest BCUT2D eigenvalue weighted by molar-refractivity contribution is 0.0828. The summed E-state index contributed by atoms with van der Waals surface area (Å²) in [6.45, 7) is 5.82. The van der Waals surface area contributed by atoms with E-state index in [0.717, 1.165) is 81.2 Å². The maximum Gasteiger partial charge on any atom is 0.255 e. The van der Waals surface area contributed by atoms with Gasteiger partial charge in [-0.25, -0.2) is 4.98 Å². The van der Waals surface area contributed by atoms with Gasteiger partial charge in [-0.05, 0) is 57.4 Å². The predicted octanol–water partition coefficient (Wildman–Crippen LogP) is 2.95. The van der Waals surface area contributed by atoms with Crippen LogP contribution in [0.4, 0.5) is 23.0 Å². The number of rotatable bonds is 7. The molecule has 2 aliphatic rings. The van der Waals surface area contributed by atoms with Crippen LogP contribution in [-0.4, -0.2) is 90.2 Å². The van der Waals surface area contributed by atoms with Crippen LogP contribution in [0.2, 0.25) is 0 Å². The van der Waals surface area contributed by atoms with E-state index in [0.29, 0.717) is 17.4 Å². The number of aliphatic hydroxyl groups is 1. The Morgan fingerprint density at radius 2 is 1.86 bits per heavy atom. The van der Waals surface area contributed by atoms with Gasteiger partial charge >= 0.3 is 0 Å². The van der Waals surface area contributed by atoms with E-state index in [4.69, 9.17) is 4.98 Å². The average Bonchev–Trinajstić information content (AvgIpc) is 2.86. The first-order valence-electron chi connectivity index (χ1n) is 12.7. The maximum atomic E-state index is 13.1. The number of aliphatic hydroxyl groups excluding tert-OH is 1. The van der Waals surface area contributed by atoms with Gasteiger partial charge in [0.1, 0.15) is 5.82 Å². The number of aryl methyl sites for hydroxylation is 1. The maximum absolute atomic E-state index is 13.1. The lowest BCUT2D eigenvalue weighted by atomic mass is 9.93. The molecule has 3 N–H and O–H groups in total. The first-order chi connectivity index (χ1) is 16.8.